The van der Waals surface area contributed by atoms with E-state index in [-0.39, 0.29) is 12.3 Å². The van der Waals surface area contributed by atoms with Gasteiger partial charge in [-0.15, -0.1) is 0 Å². The number of hydrogen-bond acceptors (Lipinski definition) is 4. The standard InChI is InChI=1S/C5H14O6P2.C2H8N2/c6-12(7,8)4-2-1-3-5-13(9,10)11;3-1-2-4/h1-5H2,(H2,6,7,8)(H2,9,10,11);1-4H2. The summed E-state index contributed by atoms with van der Waals surface area (Å²) in [6.45, 7) is 1.19. The average molecular weight is 292 g/mol. The van der Waals surface area contributed by atoms with Gasteiger partial charge in [-0.2, -0.15) is 0 Å². The van der Waals surface area contributed by atoms with Crippen molar-refractivity contribution in [2.75, 3.05) is 25.4 Å². The highest BCUT2D eigenvalue weighted by Gasteiger charge is 2.14. The number of nitrogens with two attached hydrogens (primary N) is 2. The molecule has 0 aliphatic rings. The van der Waals surface area contributed by atoms with Crippen molar-refractivity contribution in [3.63, 3.8) is 0 Å². The summed E-state index contributed by atoms with van der Waals surface area (Å²) >= 11 is 0. The van der Waals surface area contributed by atoms with Crippen LogP contribution in [0.2, 0.25) is 0 Å². The topological polar surface area (TPSA) is 167 Å². The Labute approximate surface area is 101 Å². The molecule has 10 heteroatoms. The van der Waals surface area contributed by atoms with Gasteiger partial charge in [0.05, 0.1) is 0 Å². The fraction of sp³-hybridized carbons (Fsp3) is 1.00. The van der Waals surface area contributed by atoms with E-state index in [0.717, 1.165) is 0 Å². The van der Waals surface area contributed by atoms with Gasteiger partial charge in [0.1, 0.15) is 0 Å². The van der Waals surface area contributed by atoms with Gasteiger partial charge in [-0.1, -0.05) is 6.42 Å². The third kappa shape index (κ3) is 26.1. The van der Waals surface area contributed by atoms with E-state index in [0.29, 0.717) is 32.4 Å². The number of hydrogen-bond donors (Lipinski definition) is 6. The highest BCUT2D eigenvalue weighted by atomic mass is 31.2. The zero-order valence-electron chi connectivity index (χ0n) is 9.60. The van der Waals surface area contributed by atoms with E-state index in [1.165, 1.54) is 0 Å². The fourth-order valence-corrected chi connectivity index (χ4v) is 2.08. The normalized spacial score (nSPS) is 11.9. The lowest BCUT2D eigenvalue weighted by molar-refractivity contribution is 0.369. The van der Waals surface area contributed by atoms with Crippen LogP contribution in [0.25, 0.3) is 0 Å². The van der Waals surface area contributed by atoms with Crippen LogP contribution in [-0.2, 0) is 9.13 Å². The third-order valence-electron chi connectivity index (χ3n) is 1.57. The summed E-state index contributed by atoms with van der Waals surface area (Å²) in [6.07, 6.45) is 0.590. The van der Waals surface area contributed by atoms with Gasteiger partial charge >= 0.3 is 15.2 Å². The van der Waals surface area contributed by atoms with Gasteiger partial charge in [0.25, 0.3) is 0 Å². The molecule has 0 aromatic rings. The van der Waals surface area contributed by atoms with Gasteiger partial charge in [-0.25, -0.2) is 0 Å². The molecule has 0 heterocycles. The van der Waals surface area contributed by atoms with E-state index in [9.17, 15) is 9.13 Å². The van der Waals surface area contributed by atoms with Crippen LogP contribution in [0.5, 0.6) is 0 Å². The minimum absolute atomic E-state index is 0.214. The maximum absolute atomic E-state index is 10.3. The largest absolute Gasteiger partial charge is 0.329 e. The van der Waals surface area contributed by atoms with Crippen molar-refractivity contribution in [1.29, 1.82) is 0 Å². The Morgan fingerprint density at radius 3 is 1.18 bits per heavy atom. The lowest BCUT2D eigenvalue weighted by Crippen LogP contribution is -2.11. The summed E-state index contributed by atoms with van der Waals surface area (Å²) in [6, 6.07) is 0. The average Bonchev–Trinajstić information content (AvgIpc) is 2.14. The predicted molar refractivity (Wildman–Crippen MR) is 65.8 cm³/mol. The summed E-state index contributed by atoms with van der Waals surface area (Å²) in [4.78, 5) is 33.7. The molecule has 0 saturated heterocycles. The van der Waals surface area contributed by atoms with Crippen LogP contribution in [0.3, 0.4) is 0 Å². The van der Waals surface area contributed by atoms with Crippen LogP contribution in [0.4, 0.5) is 0 Å². The summed E-state index contributed by atoms with van der Waals surface area (Å²) < 4.78 is 20.7. The maximum Gasteiger partial charge on any atom is 0.325 e. The summed E-state index contributed by atoms with van der Waals surface area (Å²) in [5, 5.41) is 0. The Morgan fingerprint density at radius 1 is 0.706 bits per heavy atom. The van der Waals surface area contributed by atoms with Crippen molar-refractivity contribution in [3.05, 3.63) is 0 Å². The molecule has 106 valence electrons. The molecule has 0 bridgehead atoms. The lowest BCUT2D eigenvalue weighted by atomic mass is 10.3. The van der Waals surface area contributed by atoms with Crippen molar-refractivity contribution < 1.29 is 28.7 Å². The van der Waals surface area contributed by atoms with Crippen LogP contribution in [-0.4, -0.2) is 45.0 Å². The second kappa shape index (κ2) is 10.2. The monoisotopic (exact) mass is 292 g/mol. The molecule has 0 rings (SSSR count). The second-order valence-corrected chi connectivity index (χ2v) is 6.97. The molecule has 0 atom stereocenters. The van der Waals surface area contributed by atoms with Crippen LogP contribution >= 0.6 is 15.2 Å². The molecule has 0 aromatic heterocycles. The molecule has 8 N–H and O–H groups in total. The second-order valence-electron chi connectivity index (χ2n) is 3.41. The highest BCUT2D eigenvalue weighted by molar-refractivity contribution is 7.52. The SMILES string of the molecule is NCCN.O=P(O)(O)CCCCCP(=O)(O)O. The minimum Gasteiger partial charge on any atom is -0.329 e. The van der Waals surface area contributed by atoms with E-state index < -0.39 is 15.2 Å². The molecule has 0 unspecified atom stereocenters. The third-order valence-corrected chi connectivity index (χ3v) is 3.36. The van der Waals surface area contributed by atoms with Crippen LogP contribution in [0.15, 0.2) is 0 Å². The molecule has 0 spiro atoms. The molecule has 0 aromatic carbocycles. The Morgan fingerprint density at radius 2 is 1.00 bits per heavy atom. The molecule has 17 heavy (non-hydrogen) atoms. The Kier molecular flexibility index (Phi) is 11.7. The summed E-state index contributed by atoms with van der Waals surface area (Å²) in [7, 11) is -7.88. The molecular formula is C7H22N2O6P2. The first-order chi connectivity index (χ1) is 7.62. The fourth-order valence-electron chi connectivity index (χ4n) is 0.812. The van der Waals surface area contributed by atoms with Crippen LogP contribution in [0, 0.1) is 0 Å². The van der Waals surface area contributed by atoms with E-state index >= 15 is 0 Å². The maximum atomic E-state index is 10.3. The van der Waals surface area contributed by atoms with Crippen molar-refractivity contribution in [2.45, 2.75) is 19.3 Å². The molecule has 0 aliphatic heterocycles. The van der Waals surface area contributed by atoms with Crippen molar-refractivity contribution in [2.24, 2.45) is 11.5 Å². The van der Waals surface area contributed by atoms with E-state index in [1.807, 2.05) is 0 Å². The molecule has 0 radical (unpaired) electrons. The quantitative estimate of drug-likeness (QED) is 0.267. The predicted octanol–water partition coefficient (Wildman–Crippen LogP) is -0.584. The van der Waals surface area contributed by atoms with Gasteiger partial charge in [-0.05, 0) is 12.8 Å². The summed E-state index contributed by atoms with van der Waals surface area (Å²) in [5.41, 5.74) is 9.81. The molecule has 0 aliphatic carbocycles. The molecule has 8 nitrogen and oxygen atoms in total. The molecule has 0 fully saturated rings. The lowest BCUT2D eigenvalue weighted by Gasteiger charge is -2.04. The van der Waals surface area contributed by atoms with Gasteiger partial charge < -0.3 is 31.0 Å². The van der Waals surface area contributed by atoms with E-state index in [1.54, 1.807) is 0 Å². The number of rotatable bonds is 7. The van der Waals surface area contributed by atoms with E-state index in [2.05, 4.69) is 0 Å². The summed E-state index contributed by atoms with van der Waals surface area (Å²) in [5.74, 6) is 0. The van der Waals surface area contributed by atoms with Gasteiger partial charge in [0.2, 0.25) is 0 Å². The zero-order valence-corrected chi connectivity index (χ0v) is 11.4. The number of unbranched alkanes of at least 4 members (excludes halogenated alkanes) is 2. The first-order valence-corrected chi connectivity index (χ1v) is 8.71. The van der Waals surface area contributed by atoms with Crippen molar-refractivity contribution >= 4 is 15.2 Å². The Bertz CT molecular complexity index is 237. The molecule has 0 amide bonds. The first kappa shape index (κ1) is 19.6. The van der Waals surface area contributed by atoms with Crippen molar-refractivity contribution in [3.8, 4) is 0 Å². The van der Waals surface area contributed by atoms with Gasteiger partial charge in [-0.3, -0.25) is 9.13 Å². The van der Waals surface area contributed by atoms with E-state index in [4.69, 9.17) is 31.0 Å². The highest BCUT2D eigenvalue weighted by Crippen LogP contribution is 2.37. The van der Waals surface area contributed by atoms with Crippen molar-refractivity contribution in [1.82, 2.24) is 0 Å². The first-order valence-electron chi connectivity index (χ1n) is 5.11. The zero-order chi connectivity index (χ0) is 13.9. The minimum atomic E-state index is -3.94. The Balaban J connectivity index is 0. The molecule has 0 saturated carbocycles. The molecular weight excluding hydrogens is 270 g/mol. The van der Waals surface area contributed by atoms with Crippen LogP contribution < -0.4 is 11.5 Å². The Hall–Kier alpha value is 0.220. The van der Waals surface area contributed by atoms with Gasteiger partial charge in [0.15, 0.2) is 0 Å². The van der Waals surface area contributed by atoms with Gasteiger partial charge in [0, 0.05) is 25.4 Å². The smallest absolute Gasteiger partial charge is 0.325 e. The van der Waals surface area contributed by atoms with Crippen LogP contribution in [0.1, 0.15) is 19.3 Å².